The van der Waals surface area contributed by atoms with Crippen LogP contribution in [0.1, 0.15) is 12.8 Å². The van der Waals surface area contributed by atoms with Crippen LogP contribution in [0.2, 0.25) is 0 Å². The van der Waals surface area contributed by atoms with E-state index in [0.29, 0.717) is 12.0 Å². The third-order valence-corrected chi connectivity index (χ3v) is 1.62. The molecule has 1 aliphatic rings. The predicted octanol–water partition coefficient (Wildman–Crippen LogP) is -0.373. The molecule has 0 radical (unpaired) electrons. The van der Waals surface area contributed by atoms with Gasteiger partial charge in [-0.05, 0) is 6.42 Å². The zero-order valence-corrected chi connectivity index (χ0v) is 5.58. The summed E-state index contributed by atoms with van der Waals surface area (Å²) in [4.78, 5) is 10.7. The Kier molecular flexibility index (Phi) is 1.87. The number of aliphatic hydroxyl groups is 2. The summed E-state index contributed by atoms with van der Waals surface area (Å²) >= 11 is 0. The van der Waals surface area contributed by atoms with E-state index in [1.807, 2.05) is 0 Å². The average molecular weight is 142 g/mol. The zero-order valence-electron chi connectivity index (χ0n) is 5.58. The van der Waals surface area contributed by atoms with Crippen molar-refractivity contribution in [2.24, 2.45) is 0 Å². The van der Waals surface area contributed by atoms with Crippen molar-refractivity contribution in [1.82, 2.24) is 0 Å². The van der Waals surface area contributed by atoms with Gasteiger partial charge in [-0.2, -0.15) is 0 Å². The number of carbonyl (C=O) groups is 1. The molecule has 1 fully saturated rings. The zero-order chi connectivity index (χ0) is 7.72. The fourth-order valence-corrected chi connectivity index (χ4v) is 1.05. The quantitative estimate of drug-likeness (QED) is 0.453. The third-order valence-electron chi connectivity index (χ3n) is 1.62. The Hall–Kier alpha value is -0.670. The molecule has 2 unspecified atom stereocenters. The van der Waals surface area contributed by atoms with Crippen molar-refractivity contribution >= 4 is 5.78 Å². The number of rotatable bonds is 0. The molecule has 3 nitrogen and oxygen atoms in total. The van der Waals surface area contributed by atoms with Crippen LogP contribution in [0.3, 0.4) is 0 Å². The van der Waals surface area contributed by atoms with Crippen LogP contribution in [-0.4, -0.2) is 28.2 Å². The van der Waals surface area contributed by atoms with E-state index in [9.17, 15) is 4.79 Å². The van der Waals surface area contributed by atoms with E-state index in [4.69, 9.17) is 10.2 Å². The van der Waals surface area contributed by atoms with E-state index in [-0.39, 0.29) is 12.2 Å². The first-order valence-corrected chi connectivity index (χ1v) is 3.16. The van der Waals surface area contributed by atoms with Gasteiger partial charge in [-0.15, -0.1) is 0 Å². The normalized spacial score (nSPS) is 34.6. The van der Waals surface area contributed by atoms with E-state index in [1.54, 1.807) is 0 Å². The standard InChI is InChI=1S/C7H10O3/c1-4-2-5(8)7(10)6(9)3-4/h5,7-8,10H,1-3H2. The van der Waals surface area contributed by atoms with Gasteiger partial charge >= 0.3 is 0 Å². The van der Waals surface area contributed by atoms with E-state index in [2.05, 4.69) is 6.58 Å². The monoisotopic (exact) mass is 142 g/mol. The second-order valence-electron chi connectivity index (χ2n) is 2.61. The van der Waals surface area contributed by atoms with Crippen molar-refractivity contribution in [3.8, 4) is 0 Å². The third kappa shape index (κ3) is 1.25. The Labute approximate surface area is 59.0 Å². The van der Waals surface area contributed by atoms with Crippen LogP contribution in [0.4, 0.5) is 0 Å². The lowest BCUT2D eigenvalue weighted by molar-refractivity contribution is -0.134. The van der Waals surface area contributed by atoms with Gasteiger partial charge in [0.15, 0.2) is 5.78 Å². The van der Waals surface area contributed by atoms with Gasteiger partial charge in [0, 0.05) is 6.42 Å². The van der Waals surface area contributed by atoms with Crippen LogP contribution in [-0.2, 0) is 4.79 Å². The molecule has 2 N–H and O–H groups in total. The van der Waals surface area contributed by atoms with Gasteiger partial charge < -0.3 is 10.2 Å². The maximum Gasteiger partial charge on any atom is 0.167 e. The molecule has 0 aliphatic heterocycles. The van der Waals surface area contributed by atoms with Gasteiger partial charge in [0.05, 0.1) is 6.10 Å². The van der Waals surface area contributed by atoms with E-state index in [0.717, 1.165) is 0 Å². The van der Waals surface area contributed by atoms with Crippen LogP contribution in [0.15, 0.2) is 12.2 Å². The van der Waals surface area contributed by atoms with Crippen molar-refractivity contribution < 1.29 is 15.0 Å². The first-order chi connectivity index (χ1) is 4.61. The van der Waals surface area contributed by atoms with Gasteiger partial charge in [-0.3, -0.25) is 4.79 Å². The van der Waals surface area contributed by atoms with Crippen molar-refractivity contribution in [3.63, 3.8) is 0 Å². The molecule has 10 heavy (non-hydrogen) atoms. The lowest BCUT2D eigenvalue weighted by atomic mass is 9.90. The Balaban J connectivity index is 2.66. The molecular formula is C7H10O3. The molecule has 56 valence electrons. The minimum Gasteiger partial charge on any atom is -0.390 e. The topological polar surface area (TPSA) is 57.5 Å². The Bertz CT molecular complexity index is 174. The van der Waals surface area contributed by atoms with E-state index >= 15 is 0 Å². The maximum atomic E-state index is 10.7. The lowest BCUT2D eigenvalue weighted by Crippen LogP contribution is -2.38. The summed E-state index contributed by atoms with van der Waals surface area (Å²) in [5.74, 6) is -0.330. The highest BCUT2D eigenvalue weighted by atomic mass is 16.3. The summed E-state index contributed by atoms with van der Waals surface area (Å²) in [7, 11) is 0. The molecule has 0 aromatic carbocycles. The summed E-state index contributed by atoms with van der Waals surface area (Å²) in [5.41, 5.74) is 0.697. The van der Waals surface area contributed by atoms with Gasteiger partial charge in [0.25, 0.3) is 0 Å². The number of hydrogen-bond acceptors (Lipinski definition) is 3. The molecule has 0 spiro atoms. The highest BCUT2D eigenvalue weighted by Gasteiger charge is 2.29. The summed E-state index contributed by atoms with van der Waals surface area (Å²) in [6.07, 6.45) is -1.58. The van der Waals surface area contributed by atoms with Crippen LogP contribution in [0.25, 0.3) is 0 Å². The van der Waals surface area contributed by atoms with Crippen LogP contribution < -0.4 is 0 Å². The van der Waals surface area contributed by atoms with Gasteiger partial charge in [0.2, 0.25) is 0 Å². The van der Waals surface area contributed by atoms with E-state index in [1.165, 1.54) is 0 Å². The first-order valence-electron chi connectivity index (χ1n) is 3.16. The summed E-state index contributed by atoms with van der Waals surface area (Å²) in [5, 5.41) is 17.9. The second kappa shape index (κ2) is 2.52. The molecule has 2 atom stereocenters. The molecule has 0 aromatic rings. The fraction of sp³-hybridized carbons (Fsp3) is 0.571. The lowest BCUT2D eigenvalue weighted by Gasteiger charge is -2.23. The van der Waals surface area contributed by atoms with Crippen molar-refractivity contribution in [3.05, 3.63) is 12.2 Å². The van der Waals surface area contributed by atoms with Crippen molar-refractivity contribution in [2.75, 3.05) is 0 Å². The van der Waals surface area contributed by atoms with Gasteiger partial charge in [-0.1, -0.05) is 12.2 Å². The predicted molar refractivity (Wildman–Crippen MR) is 35.4 cm³/mol. The molecule has 0 amide bonds. The smallest absolute Gasteiger partial charge is 0.167 e. The summed E-state index contributed by atoms with van der Waals surface area (Å²) in [6.45, 7) is 3.56. The van der Waals surface area contributed by atoms with Crippen LogP contribution >= 0.6 is 0 Å². The average Bonchev–Trinajstić information content (AvgIpc) is 1.82. The van der Waals surface area contributed by atoms with Crippen molar-refractivity contribution in [2.45, 2.75) is 25.0 Å². The van der Waals surface area contributed by atoms with Gasteiger partial charge in [0.1, 0.15) is 6.10 Å². The molecule has 0 aromatic heterocycles. The molecule has 0 bridgehead atoms. The molecule has 3 heteroatoms. The minimum absolute atomic E-state index is 0.207. The molecular weight excluding hydrogens is 132 g/mol. The SMILES string of the molecule is C=C1CC(=O)C(O)C(O)C1. The molecule has 0 saturated heterocycles. The molecule has 1 rings (SSSR count). The fourth-order valence-electron chi connectivity index (χ4n) is 1.05. The first kappa shape index (κ1) is 7.44. The van der Waals surface area contributed by atoms with Crippen molar-refractivity contribution in [1.29, 1.82) is 0 Å². The Morgan fingerprint density at radius 2 is 2.10 bits per heavy atom. The summed E-state index contributed by atoms with van der Waals surface area (Å²) in [6, 6.07) is 0. The molecule has 0 heterocycles. The van der Waals surface area contributed by atoms with Gasteiger partial charge in [-0.25, -0.2) is 0 Å². The number of hydrogen-bond donors (Lipinski definition) is 2. The maximum absolute atomic E-state index is 10.7. The number of carbonyl (C=O) groups excluding carboxylic acids is 1. The number of ketones is 1. The second-order valence-corrected chi connectivity index (χ2v) is 2.61. The highest BCUT2D eigenvalue weighted by Crippen LogP contribution is 2.19. The van der Waals surface area contributed by atoms with Crippen LogP contribution in [0, 0.1) is 0 Å². The van der Waals surface area contributed by atoms with Crippen LogP contribution in [0.5, 0.6) is 0 Å². The number of aliphatic hydroxyl groups excluding tert-OH is 2. The molecule has 1 saturated carbocycles. The van der Waals surface area contributed by atoms with E-state index < -0.39 is 12.2 Å². The number of Topliss-reactive ketones (excluding diaryl/α,β-unsaturated/α-hetero) is 1. The Morgan fingerprint density at radius 1 is 1.50 bits per heavy atom. The molecule has 1 aliphatic carbocycles. The summed E-state index contributed by atoms with van der Waals surface area (Å²) < 4.78 is 0. The largest absolute Gasteiger partial charge is 0.390 e. The minimum atomic E-state index is -1.19. The Morgan fingerprint density at radius 3 is 2.60 bits per heavy atom. The highest BCUT2D eigenvalue weighted by molar-refractivity contribution is 5.86.